The highest BCUT2D eigenvalue weighted by molar-refractivity contribution is 14.0. The van der Waals surface area contributed by atoms with Gasteiger partial charge in [0.2, 0.25) is 0 Å². The van der Waals surface area contributed by atoms with Crippen molar-refractivity contribution in [3.63, 3.8) is 0 Å². The highest BCUT2D eigenvalue weighted by atomic mass is 127. The average molecular weight is 477 g/mol. The van der Waals surface area contributed by atoms with Crippen molar-refractivity contribution in [2.45, 2.75) is 44.6 Å². The van der Waals surface area contributed by atoms with Gasteiger partial charge in [-0.25, -0.2) is 4.99 Å². The topological polar surface area (TPSA) is 45.7 Å². The molecule has 6 heteroatoms. The van der Waals surface area contributed by atoms with Crippen LogP contribution in [0.2, 0.25) is 0 Å². The quantitative estimate of drug-likeness (QED) is 0.242. The Hall–Kier alpha value is -0.470. The third-order valence-electron chi connectivity index (χ3n) is 4.62. The number of benzene rings is 1. The molecule has 0 unspecified atom stereocenters. The maximum atomic E-state index is 5.24. The molecule has 0 bridgehead atoms. The van der Waals surface area contributed by atoms with Crippen LogP contribution < -0.4 is 10.6 Å². The lowest BCUT2D eigenvalue weighted by atomic mass is 10.0. The third kappa shape index (κ3) is 7.35. The third-order valence-corrected chi connectivity index (χ3v) is 5.44. The fraction of sp³-hybridized carbons (Fsp3) is 0.632. The van der Waals surface area contributed by atoms with Gasteiger partial charge in [0.25, 0.3) is 0 Å². The summed E-state index contributed by atoms with van der Waals surface area (Å²) < 4.78 is 5.24. The molecular formula is C19H32IN3OS. The smallest absolute Gasteiger partial charge is 0.191 e. The molecule has 1 aromatic carbocycles. The maximum absolute atomic E-state index is 5.24. The fourth-order valence-electron chi connectivity index (χ4n) is 2.77. The van der Waals surface area contributed by atoms with Crippen molar-refractivity contribution >= 4 is 41.7 Å². The first kappa shape index (κ1) is 22.6. The molecular weight excluding hydrogens is 445 g/mol. The Morgan fingerprint density at radius 2 is 2.08 bits per heavy atom. The number of hydrogen-bond donors (Lipinski definition) is 2. The molecule has 2 N–H and O–H groups in total. The number of hydrogen-bond acceptors (Lipinski definition) is 3. The molecule has 0 heterocycles. The van der Waals surface area contributed by atoms with E-state index in [4.69, 9.17) is 9.73 Å². The van der Waals surface area contributed by atoms with E-state index in [2.05, 4.69) is 48.9 Å². The Labute approximate surface area is 174 Å². The van der Waals surface area contributed by atoms with E-state index in [-0.39, 0.29) is 24.0 Å². The molecule has 0 spiro atoms. The van der Waals surface area contributed by atoms with Gasteiger partial charge in [0.05, 0.1) is 6.54 Å². The number of halogens is 1. The van der Waals surface area contributed by atoms with Crippen molar-refractivity contribution in [3.8, 4) is 0 Å². The van der Waals surface area contributed by atoms with Gasteiger partial charge in [-0.1, -0.05) is 12.1 Å². The number of aliphatic imine (C=N–C) groups is 1. The lowest BCUT2D eigenvalue weighted by molar-refractivity contribution is 0.172. The first-order valence-electron chi connectivity index (χ1n) is 8.77. The van der Waals surface area contributed by atoms with Crippen LogP contribution in [0.4, 0.5) is 0 Å². The zero-order valence-electron chi connectivity index (χ0n) is 15.9. The zero-order chi connectivity index (χ0) is 17.4. The van der Waals surface area contributed by atoms with Crippen LogP contribution in [-0.2, 0) is 11.3 Å². The van der Waals surface area contributed by atoms with E-state index in [1.165, 1.54) is 28.9 Å². The van der Waals surface area contributed by atoms with E-state index in [1.54, 1.807) is 18.9 Å². The number of methoxy groups -OCH3 is 1. The summed E-state index contributed by atoms with van der Waals surface area (Å²) in [6, 6.07) is 6.59. The van der Waals surface area contributed by atoms with Crippen LogP contribution in [0.5, 0.6) is 0 Å². The van der Waals surface area contributed by atoms with Crippen LogP contribution in [0.1, 0.15) is 37.3 Å². The van der Waals surface area contributed by atoms with Crippen LogP contribution >= 0.6 is 35.7 Å². The molecule has 25 heavy (non-hydrogen) atoms. The molecule has 1 aromatic rings. The Morgan fingerprint density at radius 1 is 1.32 bits per heavy atom. The van der Waals surface area contributed by atoms with E-state index in [1.807, 2.05) is 0 Å². The number of guanidine groups is 1. The normalized spacial score (nSPS) is 15.4. The van der Waals surface area contributed by atoms with Crippen molar-refractivity contribution in [3.05, 3.63) is 29.3 Å². The Bertz CT molecular complexity index is 562. The molecule has 0 aromatic heterocycles. The molecule has 0 radical (unpaired) electrons. The predicted molar refractivity (Wildman–Crippen MR) is 119 cm³/mol. The van der Waals surface area contributed by atoms with E-state index in [9.17, 15) is 0 Å². The van der Waals surface area contributed by atoms with Crippen LogP contribution in [0.25, 0.3) is 0 Å². The predicted octanol–water partition coefficient (Wildman–Crippen LogP) is 4.21. The number of nitrogens with zero attached hydrogens (tertiary/aromatic N) is 1. The number of aryl methyl sites for hydroxylation is 1. The van der Waals surface area contributed by atoms with E-state index in [0.29, 0.717) is 12.0 Å². The summed E-state index contributed by atoms with van der Waals surface area (Å²) >= 11 is 1.79. The van der Waals surface area contributed by atoms with Crippen LogP contribution in [0.15, 0.2) is 28.1 Å². The van der Waals surface area contributed by atoms with Crippen molar-refractivity contribution in [2.24, 2.45) is 10.4 Å². The molecule has 142 valence electrons. The van der Waals surface area contributed by atoms with Gasteiger partial charge in [0.1, 0.15) is 0 Å². The zero-order valence-corrected chi connectivity index (χ0v) is 19.0. The molecule has 0 saturated heterocycles. The Kier molecular flexibility index (Phi) is 10.2. The van der Waals surface area contributed by atoms with Gasteiger partial charge in [-0.3, -0.25) is 0 Å². The molecule has 0 atom stereocenters. The van der Waals surface area contributed by atoms with Crippen LogP contribution in [0.3, 0.4) is 0 Å². The first-order valence-corrected chi connectivity index (χ1v) is 9.99. The van der Waals surface area contributed by atoms with E-state index in [0.717, 1.165) is 32.1 Å². The van der Waals surface area contributed by atoms with Gasteiger partial charge in [-0.15, -0.1) is 35.7 Å². The van der Waals surface area contributed by atoms with Gasteiger partial charge >= 0.3 is 0 Å². The average Bonchev–Trinajstić information content (AvgIpc) is 3.36. The first-order chi connectivity index (χ1) is 11.6. The summed E-state index contributed by atoms with van der Waals surface area (Å²) in [5.74, 6) is 0.911. The monoisotopic (exact) mass is 477 g/mol. The summed E-state index contributed by atoms with van der Waals surface area (Å²) in [7, 11) is 1.78. The van der Waals surface area contributed by atoms with E-state index >= 15 is 0 Å². The minimum absolute atomic E-state index is 0. The second-order valence-electron chi connectivity index (χ2n) is 6.61. The molecule has 2 rings (SSSR count). The molecule has 1 aliphatic carbocycles. The van der Waals surface area contributed by atoms with Crippen molar-refractivity contribution in [1.82, 2.24) is 10.6 Å². The number of ether oxygens (including phenoxy) is 1. The largest absolute Gasteiger partial charge is 0.385 e. The second kappa shape index (κ2) is 11.3. The van der Waals surface area contributed by atoms with Crippen LogP contribution in [-0.4, -0.2) is 39.0 Å². The SMILES string of the molecule is CCNC(=NCc1ccc(C)cc1SC)NCC1(CCOC)CC1.I. The maximum Gasteiger partial charge on any atom is 0.191 e. The van der Waals surface area contributed by atoms with Gasteiger partial charge in [0.15, 0.2) is 5.96 Å². The standard InChI is InChI=1S/C19H31N3OS.HI/c1-5-20-18(22-14-19(8-9-19)10-11-23-3)21-13-16-7-6-15(2)12-17(16)24-4;/h6-7,12H,5,8-11,13-14H2,1-4H3,(H2,20,21,22);1H. The molecule has 1 fully saturated rings. The number of thioether (sulfide) groups is 1. The Balaban J connectivity index is 0.00000312. The Morgan fingerprint density at radius 3 is 2.68 bits per heavy atom. The molecule has 0 aliphatic heterocycles. The lowest BCUT2D eigenvalue weighted by Gasteiger charge is -2.18. The van der Waals surface area contributed by atoms with Gasteiger partial charge in [-0.2, -0.15) is 0 Å². The lowest BCUT2D eigenvalue weighted by Crippen LogP contribution is -2.40. The van der Waals surface area contributed by atoms with Crippen molar-refractivity contribution in [2.75, 3.05) is 33.1 Å². The molecule has 1 aliphatic rings. The summed E-state index contributed by atoms with van der Waals surface area (Å²) in [4.78, 5) is 6.10. The van der Waals surface area contributed by atoms with Gasteiger partial charge in [-0.05, 0) is 62.0 Å². The summed E-state index contributed by atoms with van der Waals surface area (Å²) in [6.07, 6.45) is 5.83. The fourth-order valence-corrected chi connectivity index (χ4v) is 3.47. The highest BCUT2D eigenvalue weighted by Gasteiger charge is 2.41. The van der Waals surface area contributed by atoms with Crippen molar-refractivity contribution in [1.29, 1.82) is 0 Å². The van der Waals surface area contributed by atoms with Crippen LogP contribution in [0, 0.1) is 12.3 Å². The van der Waals surface area contributed by atoms with Gasteiger partial charge < -0.3 is 15.4 Å². The number of rotatable bonds is 9. The minimum Gasteiger partial charge on any atom is -0.385 e. The second-order valence-corrected chi connectivity index (χ2v) is 7.45. The van der Waals surface area contributed by atoms with Gasteiger partial charge in [0, 0.05) is 31.7 Å². The molecule has 1 saturated carbocycles. The highest BCUT2D eigenvalue weighted by Crippen LogP contribution is 2.48. The summed E-state index contributed by atoms with van der Waals surface area (Å²) in [5, 5.41) is 6.89. The summed E-state index contributed by atoms with van der Waals surface area (Å²) in [6.45, 7) is 7.64. The number of nitrogens with one attached hydrogen (secondary N) is 2. The molecule has 0 amide bonds. The summed E-state index contributed by atoms with van der Waals surface area (Å²) in [5.41, 5.74) is 3.00. The van der Waals surface area contributed by atoms with E-state index < -0.39 is 0 Å². The van der Waals surface area contributed by atoms with Crippen molar-refractivity contribution < 1.29 is 4.74 Å². The molecule has 4 nitrogen and oxygen atoms in total. The minimum atomic E-state index is 0.